The average molecular weight is 340 g/mol. The van der Waals surface area contributed by atoms with Crippen molar-refractivity contribution < 1.29 is 4.79 Å². The van der Waals surface area contributed by atoms with Crippen LogP contribution in [0.2, 0.25) is 5.02 Å². The van der Waals surface area contributed by atoms with Gasteiger partial charge < -0.3 is 4.98 Å². The normalized spacial score (nSPS) is 12.6. The molecule has 24 heavy (non-hydrogen) atoms. The Morgan fingerprint density at radius 3 is 2.79 bits per heavy atom. The minimum atomic E-state index is -0.174. The Morgan fingerprint density at radius 2 is 2.00 bits per heavy atom. The topological polar surface area (TPSA) is 57.2 Å². The Kier molecular flexibility index (Phi) is 4.96. The molecular formula is C19H18ClN3O. The SMILES string of the molecule is C[C@@H](Cc1c[nH]c2ccccc12)C(=O)N/N=C\c1ccc(Cl)cc1. The predicted octanol–water partition coefficient (Wildman–Crippen LogP) is 4.15. The molecule has 0 aliphatic heterocycles. The third-order valence-electron chi connectivity index (χ3n) is 3.91. The maximum Gasteiger partial charge on any atom is 0.243 e. The van der Waals surface area contributed by atoms with E-state index in [0.717, 1.165) is 22.0 Å². The van der Waals surface area contributed by atoms with E-state index in [1.807, 2.05) is 43.5 Å². The lowest BCUT2D eigenvalue weighted by molar-refractivity contribution is -0.124. The number of benzene rings is 2. The molecule has 5 heteroatoms. The Hall–Kier alpha value is -2.59. The molecule has 4 nitrogen and oxygen atoms in total. The largest absolute Gasteiger partial charge is 0.361 e. The molecule has 0 fully saturated rings. The first-order valence-corrected chi connectivity index (χ1v) is 8.15. The first-order chi connectivity index (χ1) is 11.6. The molecular weight excluding hydrogens is 322 g/mol. The van der Waals surface area contributed by atoms with Crippen LogP contribution >= 0.6 is 11.6 Å². The zero-order valence-corrected chi connectivity index (χ0v) is 14.0. The van der Waals surface area contributed by atoms with Gasteiger partial charge in [-0.05, 0) is 35.7 Å². The van der Waals surface area contributed by atoms with E-state index in [4.69, 9.17) is 11.6 Å². The lowest BCUT2D eigenvalue weighted by Crippen LogP contribution is -2.26. The number of carbonyl (C=O) groups is 1. The molecule has 3 aromatic rings. The summed E-state index contributed by atoms with van der Waals surface area (Å²) in [6.07, 6.45) is 4.23. The minimum Gasteiger partial charge on any atom is -0.361 e. The number of nitrogens with one attached hydrogen (secondary N) is 2. The van der Waals surface area contributed by atoms with Crippen LogP contribution in [0.15, 0.2) is 59.8 Å². The van der Waals surface area contributed by atoms with Gasteiger partial charge in [0, 0.05) is 28.0 Å². The third kappa shape index (κ3) is 3.84. The lowest BCUT2D eigenvalue weighted by atomic mass is 10.0. The average Bonchev–Trinajstić information content (AvgIpc) is 3.00. The smallest absolute Gasteiger partial charge is 0.243 e. The van der Waals surface area contributed by atoms with E-state index in [-0.39, 0.29) is 11.8 Å². The highest BCUT2D eigenvalue weighted by atomic mass is 35.5. The number of hydrazone groups is 1. The molecule has 2 N–H and O–H groups in total. The van der Waals surface area contributed by atoms with Crippen molar-refractivity contribution in [3.63, 3.8) is 0 Å². The summed E-state index contributed by atoms with van der Waals surface area (Å²) in [5, 5.41) is 5.83. The predicted molar refractivity (Wildman–Crippen MR) is 98.4 cm³/mol. The Morgan fingerprint density at radius 1 is 1.25 bits per heavy atom. The van der Waals surface area contributed by atoms with Gasteiger partial charge in [0.2, 0.25) is 5.91 Å². The van der Waals surface area contributed by atoms with Gasteiger partial charge in [0.15, 0.2) is 0 Å². The highest BCUT2D eigenvalue weighted by molar-refractivity contribution is 6.30. The highest BCUT2D eigenvalue weighted by Gasteiger charge is 2.15. The van der Waals surface area contributed by atoms with Gasteiger partial charge in [-0.3, -0.25) is 4.79 Å². The second-order valence-corrected chi connectivity index (χ2v) is 6.19. The maximum atomic E-state index is 12.2. The van der Waals surface area contributed by atoms with Gasteiger partial charge in [-0.25, -0.2) is 5.43 Å². The number of carbonyl (C=O) groups excluding carboxylic acids is 1. The number of aromatic nitrogens is 1. The van der Waals surface area contributed by atoms with Crippen molar-refractivity contribution in [2.75, 3.05) is 0 Å². The van der Waals surface area contributed by atoms with E-state index in [0.29, 0.717) is 11.4 Å². The van der Waals surface area contributed by atoms with Gasteiger partial charge in [0.1, 0.15) is 0 Å². The number of fused-ring (bicyclic) bond motifs is 1. The Labute approximate surface area is 145 Å². The number of hydrogen-bond donors (Lipinski definition) is 2. The van der Waals surface area contributed by atoms with Crippen molar-refractivity contribution in [2.45, 2.75) is 13.3 Å². The number of amides is 1. The van der Waals surface area contributed by atoms with E-state index in [9.17, 15) is 4.79 Å². The number of para-hydroxylation sites is 1. The van der Waals surface area contributed by atoms with Crippen molar-refractivity contribution in [1.29, 1.82) is 0 Å². The molecule has 3 rings (SSSR count). The van der Waals surface area contributed by atoms with Crippen molar-refractivity contribution in [2.24, 2.45) is 11.0 Å². The summed E-state index contributed by atoms with van der Waals surface area (Å²) in [4.78, 5) is 15.4. The summed E-state index contributed by atoms with van der Waals surface area (Å²) in [6, 6.07) is 15.3. The molecule has 1 heterocycles. The van der Waals surface area contributed by atoms with Crippen LogP contribution in [0.3, 0.4) is 0 Å². The van der Waals surface area contributed by atoms with Crippen molar-refractivity contribution >= 4 is 34.6 Å². The van der Waals surface area contributed by atoms with Gasteiger partial charge in [-0.2, -0.15) is 5.10 Å². The molecule has 1 aromatic heterocycles. The fourth-order valence-corrected chi connectivity index (χ4v) is 2.68. The van der Waals surface area contributed by atoms with Gasteiger partial charge in [-0.15, -0.1) is 0 Å². The molecule has 1 amide bonds. The van der Waals surface area contributed by atoms with Gasteiger partial charge in [0.25, 0.3) is 0 Å². The number of aromatic amines is 1. The zero-order valence-electron chi connectivity index (χ0n) is 13.3. The van der Waals surface area contributed by atoms with E-state index < -0.39 is 0 Å². The van der Waals surface area contributed by atoms with Crippen LogP contribution < -0.4 is 5.43 Å². The molecule has 2 aromatic carbocycles. The van der Waals surface area contributed by atoms with Crippen LogP contribution in [-0.2, 0) is 11.2 Å². The van der Waals surface area contributed by atoms with Crippen LogP contribution in [0.25, 0.3) is 10.9 Å². The fraction of sp³-hybridized carbons (Fsp3) is 0.158. The number of H-pyrrole nitrogens is 1. The zero-order chi connectivity index (χ0) is 16.9. The molecule has 0 unspecified atom stereocenters. The van der Waals surface area contributed by atoms with Crippen LogP contribution in [-0.4, -0.2) is 17.1 Å². The second kappa shape index (κ2) is 7.32. The summed E-state index contributed by atoms with van der Waals surface area (Å²) >= 11 is 5.83. The summed E-state index contributed by atoms with van der Waals surface area (Å²) in [7, 11) is 0. The molecule has 1 atom stereocenters. The molecule has 122 valence electrons. The molecule has 0 bridgehead atoms. The summed E-state index contributed by atoms with van der Waals surface area (Å²) in [5.74, 6) is -0.280. The second-order valence-electron chi connectivity index (χ2n) is 5.75. The van der Waals surface area contributed by atoms with E-state index in [2.05, 4.69) is 21.6 Å². The maximum absolute atomic E-state index is 12.2. The number of hydrogen-bond acceptors (Lipinski definition) is 2. The van der Waals surface area contributed by atoms with Crippen LogP contribution in [0, 0.1) is 5.92 Å². The monoisotopic (exact) mass is 339 g/mol. The molecule has 0 saturated heterocycles. The first kappa shape index (κ1) is 16.3. The van der Waals surface area contributed by atoms with Gasteiger partial charge >= 0.3 is 0 Å². The van der Waals surface area contributed by atoms with E-state index in [1.165, 1.54) is 0 Å². The van der Waals surface area contributed by atoms with Crippen molar-refractivity contribution in [3.05, 3.63) is 70.9 Å². The molecule has 0 aliphatic rings. The van der Waals surface area contributed by atoms with Crippen LogP contribution in [0.1, 0.15) is 18.1 Å². The van der Waals surface area contributed by atoms with Crippen molar-refractivity contribution in [1.82, 2.24) is 10.4 Å². The standard InChI is InChI=1S/C19H18ClN3O/c1-13(10-15-12-21-18-5-3-2-4-17(15)18)19(24)23-22-11-14-6-8-16(20)9-7-14/h2-9,11-13,21H,10H2,1H3,(H,23,24)/b22-11-/t13-/m0/s1. The Bertz CT molecular complexity index is 868. The quantitative estimate of drug-likeness (QED) is 0.532. The highest BCUT2D eigenvalue weighted by Crippen LogP contribution is 2.20. The van der Waals surface area contributed by atoms with Crippen LogP contribution in [0.4, 0.5) is 0 Å². The molecule has 0 aliphatic carbocycles. The van der Waals surface area contributed by atoms with Crippen LogP contribution in [0.5, 0.6) is 0 Å². The summed E-state index contributed by atoms with van der Waals surface area (Å²) < 4.78 is 0. The summed E-state index contributed by atoms with van der Waals surface area (Å²) in [6.45, 7) is 1.90. The van der Waals surface area contributed by atoms with E-state index in [1.54, 1.807) is 18.3 Å². The first-order valence-electron chi connectivity index (χ1n) is 7.77. The summed E-state index contributed by atoms with van der Waals surface area (Å²) in [5.41, 5.74) is 5.69. The number of rotatable bonds is 5. The van der Waals surface area contributed by atoms with Crippen molar-refractivity contribution in [3.8, 4) is 0 Å². The lowest BCUT2D eigenvalue weighted by Gasteiger charge is -2.08. The van der Waals surface area contributed by atoms with Gasteiger partial charge in [-0.1, -0.05) is 48.9 Å². The third-order valence-corrected chi connectivity index (χ3v) is 4.16. The number of halogens is 1. The number of nitrogens with zero attached hydrogens (tertiary/aromatic N) is 1. The fourth-order valence-electron chi connectivity index (χ4n) is 2.55. The minimum absolute atomic E-state index is 0.106. The molecule has 0 saturated carbocycles. The molecule has 0 radical (unpaired) electrons. The van der Waals surface area contributed by atoms with E-state index >= 15 is 0 Å². The molecule has 0 spiro atoms. The Balaban J connectivity index is 1.59. The van der Waals surface area contributed by atoms with Gasteiger partial charge in [0.05, 0.1) is 6.21 Å².